The van der Waals surface area contributed by atoms with Crippen LogP contribution < -0.4 is 0 Å². The molecule has 74 valence electrons. The SMILES string of the molecule is C1=CC[C]([Zr][C]2=CC=CC2)=C1.CCBr. The van der Waals surface area contributed by atoms with Crippen LogP contribution in [0.3, 0.4) is 0 Å². The van der Waals surface area contributed by atoms with E-state index < -0.39 is 0 Å². The second-order valence-corrected chi connectivity index (χ2v) is 7.93. The number of rotatable bonds is 2. The monoisotopic (exact) mass is 328 g/mol. The number of alkyl halides is 1. The molecule has 0 nitrogen and oxygen atoms in total. The summed E-state index contributed by atoms with van der Waals surface area (Å²) in [4.78, 5) is 0. The first-order valence-corrected chi connectivity index (χ1v) is 8.49. The van der Waals surface area contributed by atoms with Crippen LogP contribution in [0.4, 0.5) is 0 Å². The topological polar surface area (TPSA) is 0 Å². The molecule has 0 heterocycles. The zero-order valence-corrected chi connectivity index (χ0v) is 12.5. The van der Waals surface area contributed by atoms with E-state index in [1.807, 2.05) is 6.92 Å². The molecule has 0 aliphatic heterocycles. The van der Waals surface area contributed by atoms with Gasteiger partial charge in [0, 0.05) is 5.33 Å². The molecule has 0 atom stereocenters. The Morgan fingerprint density at radius 3 is 1.86 bits per heavy atom. The minimum atomic E-state index is -0.312. The number of hydrogen-bond acceptors (Lipinski definition) is 0. The summed E-state index contributed by atoms with van der Waals surface area (Å²) in [7, 11) is 0. The van der Waals surface area contributed by atoms with Crippen molar-refractivity contribution in [2.24, 2.45) is 0 Å². The van der Waals surface area contributed by atoms with Gasteiger partial charge in [0.05, 0.1) is 0 Å². The molecule has 2 heteroatoms. The first kappa shape index (κ1) is 12.4. The van der Waals surface area contributed by atoms with Gasteiger partial charge in [-0.2, -0.15) is 0 Å². The van der Waals surface area contributed by atoms with Gasteiger partial charge >= 0.3 is 79.1 Å². The van der Waals surface area contributed by atoms with Crippen molar-refractivity contribution in [2.75, 3.05) is 5.33 Å². The first-order valence-electron chi connectivity index (χ1n) is 4.91. The average molecular weight is 330 g/mol. The molecule has 0 saturated heterocycles. The molecule has 0 aromatic rings. The Labute approximate surface area is 107 Å². The van der Waals surface area contributed by atoms with Crippen molar-refractivity contribution in [3.63, 3.8) is 0 Å². The van der Waals surface area contributed by atoms with E-state index in [0.29, 0.717) is 0 Å². The summed E-state index contributed by atoms with van der Waals surface area (Å²) in [5, 5.41) is 1.06. The van der Waals surface area contributed by atoms with Gasteiger partial charge in [-0.25, -0.2) is 0 Å². The summed E-state index contributed by atoms with van der Waals surface area (Å²) >= 11 is 2.83. The zero-order valence-electron chi connectivity index (χ0n) is 8.46. The van der Waals surface area contributed by atoms with E-state index in [9.17, 15) is 0 Å². The Balaban J connectivity index is 0.000000293. The van der Waals surface area contributed by atoms with E-state index in [0.717, 1.165) is 5.33 Å². The van der Waals surface area contributed by atoms with E-state index in [4.69, 9.17) is 0 Å². The molecule has 0 saturated carbocycles. The van der Waals surface area contributed by atoms with Crippen LogP contribution in [0.15, 0.2) is 43.0 Å². The van der Waals surface area contributed by atoms with E-state index in [1.165, 1.54) is 12.8 Å². The molecule has 2 aliphatic rings. The van der Waals surface area contributed by atoms with Crippen LogP contribution in [0.2, 0.25) is 0 Å². The van der Waals surface area contributed by atoms with Crippen molar-refractivity contribution in [1.82, 2.24) is 0 Å². The van der Waals surface area contributed by atoms with Gasteiger partial charge in [-0.1, -0.05) is 22.9 Å². The molecule has 2 rings (SSSR count). The maximum absolute atomic E-state index is 3.15. The van der Waals surface area contributed by atoms with Crippen molar-refractivity contribution in [2.45, 2.75) is 19.8 Å². The maximum atomic E-state index is 3.15. The van der Waals surface area contributed by atoms with E-state index in [2.05, 4.69) is 52.4 Å². The van der Waals surface area contributed by atoms with Crippen molar-refractivity contribution in [1.29, 1.82) is 0 Å². The van der Waals surface area contributed by atoms with Crippen LogP contribution in [-0.4, -0.2) is 5.33 Å². The minimum Gasteiger partial charge on any atom is -0.0931 e. The number of halogens is 1. The van der Waals surface area contributed by atoms with Crippen LogP contribution in [0.5, 0.6) is 0 Å². The first-order chi connectivity index (χ1) is 6.86. The Hall–Kier alpha value is 0.323. The van der Waals surface area contributed by atoms with Crippen molar-refractivity contribution < 1.29 is 23.2 Å². The van der Waals surface area contributed by atoms with Gasteiger partial charge in [0.1, 0.15) is 0 Å². The second-order valence-electron chi connectivity index (χ2n) is 3.04. The van der Waals surface area contributed by atoms with Crippen LogP contribution in [0.1, 0.15) is 19.8 Å². The van der Waals surface area contributed by atoms with Gasteiger partial charge in [0.25, 0.3) is 0 Å². The Kier molecular flexibility index (Phi) is 6.72. The van der Waals surface area contributed by atoms with Crippen molar-refractivity contribution in [3.05, 3.63) is 43.0 Å². The summed E-state index contributed by atoms with van der Waals surface area (Å²) < 4.78 is 3.45. The molecule has 0 amide bonds. The molecule has 0 radical (unpaired) electrons. The normalized spacial score (nSPS) is 17.3. The molecule has 0 bridgehead atoms. The van der Waals surface area contributed by atoms with Gasteiger partial charge in [0.15, 0.2) is 0 Å². The maximum Gasteiger partial charge on any atom is 0.000281 e. The third-order valence-electron chi connectivity index (χ3n) is 1.86. The van der Waals surface area contributed by atoms with Gasteiger partial charge in [-0.3, -0.25) is 0 Å². The fourth-order valence-electron chi connectivity index (χ4n) is 1.29. The molecule has 0 fully saturated rings. The molecular formula is C12H15BrZr. The van der Waals surface area contributed by atoms with Crippen molar-refractivity contribution in [3.8, 4) is 0 Å². The summed E-state index contributed by atoms with van der Waals surface area (Å²) in [5.74, 6) is 0. The molecule has 0 unspecified atom stereocenters. The minimum absolute atomic E-state index is 0.312. The van der Waals surface area contributed by atoms with Gasteiger partial charge in [-0.15, -0.1) is 0 Å². The summed E-state index contributed by atoms with van der Waals surface area (Å²) in [5.41, 5.74) is 0. The zero-order chi connectivity index (χ0) is 10.2. The molecule has 0 aromatic heterocycles. The molecule has 0 N–H and O–H groups in total. The van der Waals surface area contributed by atoms with E-state index >= 15 is 0 Å². The van der Waals surface area contributed by atoms with Crippen LogP contribution >= 0.6 is 15.9 Å². The average Bonchev–Trinajstić information content (AvgIpc) is 2.79. The summed E-state index contributed by atoms with van der Waals surface area (Å²) in [6, 6.07) is 0. The van der Waals surface area contributed by atoms with Crippen molar-refractivity contribution >= 4 is 15.9 Å². The standard InChI is InChI=1S/2C5H5.C2H5Br.Zr/c2*1-2-4-5-3-1;1-2-3;/h2*1-3H,4H2;2H2,1H3;. The molecule has 14 heavy (non-hydrogen) atoms. The third kappa shape index (κ3) is 4.71. The summed E-state index contributed by atoms with van der Waals surface area (Å²) in [6.07, 6.45) is 16.0. The fraction of sp³-hybridized carbons (Fsp3) is 0.333. The van der Waals surface area contributed by atoms with E-state index in [1.54, 1.807) is 6.56 Å². The fourth-order valence-corrected chi connectivity index (χ4v) is 4.26. The molecule has 2 aliphatic carbocycles. The van der Waals surface area contributed by atoms with Crippen LogP contribution in [-0.2, 0) is 23.2 Å². The second kappa shape index (κ2) is 7.59. The Morgan fingerprint density at radius 1 is 1.14 bits per heavy atom. The van der Waals surface area contributed by atoms with Crippen LogP contribution in [0.25, 0.3) is 0 Å². The number of hydrogen-bond donors (Lipinski definition) is 0. The van der Waals surface area contributed by atoms with E-state index in [-0.39, 0.29) is 23.2 Å². The largest absolute Gasteiger partial charge is 0.0931 e. The predicted molar refractivity (Wildman–Crippen MR) is 63.1 cm³/mol. The summed E-state index contributed by atoms with van der Waals surface area (Å²) in [6.45, 7) is 2.04. The van der Waals surface area contributed by atoms with Gasteiger partial charge in [-0.05, 0) is 0 Å². The van der Waals surface area contributed by atoms with Gasteiger partial charge in [0.2, 0.25) is 0 Å². The molecule has 0 spiro atoms. The number of allylic oxidation sites excluding steroid dienone is 8. The third-order valence-corrected chi connectivity index (χ3v) is 5.27. The predicted octanol–water partition coefficient (Wildman–Crippen LogP) is 4.16. The Bertz CT molecular complexity index is 257. The Morgan fingerprint density at radius 2 is 1.57 bits per heavy atom. The quantitative estimate of drug-likeness (QED) is 0.667. The smallest absolute Gasteiger partial charge is 0.000281 e. The molecular weight excluding hydrogens is 315 g/mol. The van der Waals surface area contributed by atoms with Gasteiger partial charge < -0.3 is 0 Å². The molecule has 0 aromatic carbocycles. The van der Waals surface area contributed by atoms with Crippen LogP contribution in [0, 0.1) is 0 Å².